The van der Waals surface area contributed by atoms with Gasteiger partial charge < -0.3 is 4.90 Å². The van der Waals surface area contributed by atoms with Crippen molar-refractivity contribution in [3.05, 3.63) is 48.0 Å². The van der Waals surface area contributed by atoms with Crippen molar-refractivity contribution < 1.29 is 4.79 Å². The lowest BCUT2D eigenvalue weighted by Crippen LogP contribution is -2.38. The van der Waals surface area contributed by atoms with Crippen LogP contribution in [0.1, 0.15) is 50.6 Å². The highest BCUT2D eigenvalue weighted by Gasteiger charge is 2.43. The van der Waals surface area contributed by atoms with Gasteiger partial charge in [-0.05, 0) is 42.0 Å². The Hall–Kier alpha value is -1.83. The smallest absolute Gasteiger partial charge is 0.223 e. The van der Waals surface area contributed by atoms with Crippen LogP contribution < -0.4 is 0 Å². The predicted molar refractivity (Wildman–Crippen MR) is 89.6 cm³/mol. The summed E-state index contributed by atoms with van der Waals surface area (Å²) in [5, 5.41) is 2.54. The maximum atomic E-state index is 12.6. The van der Waals surface area contributed by atoms with Crippen LogP contribution in [-0.2, 0) is 4.79 Å². The Balaban J connectivity index is 1.73. The number of benzene rings is 2. The maximum Gasteiger partial charge on any atom is 0.223 e. The molecule has 1 heterocycles. The molecular weight excluding hydrogens is 270 g/mol. The minimum absolute atomic E-state index is 0.173. The Morgan fingerprint density at radius 1 is 1.05 bits per heavy atom. The van der Waals surface area contributed by atoms with E-state index in [1.165, 1.54) is 42.0 Å². The minimum atomic E-state index is 0.173. The largest absolute Gasteiger partial charge is 0.333 e. The van der Waals surface area contributed by atoms with Crippen LogP contribution in [0.15, 0.2) is 42.5 Å². The first-order valence-electron chi connectivity index (χ1n) is 8.54. The van der Waals surface area contributed by atoms with Crippen LogP contribution in [0.2, 0.25) is 0 Å². The maximum absolute atomic E-state index is 12.6. The quantitative estimate of drug-likeness (QED) is 0.786. The lowest BCUT2D eigenvalue weighted by molar-refractivity contribution is -0.131. The Kier molecular flexibility index (Phi) is 3.40. The van der Waals surface area contributed by atoms with Gasteiger partial charge in [-0.3, -0.25) is 4.79 Å². The number of nitrogens with zero attached hydrogens (tertiary/aromatic N) is 1. The number of carbonyl (C=O) groups excluding carboxylic acids is 1. The highest BCUT2D eigenvalue weighted by Crippen LogP contribution is 2.42. The molecule has 0 bridgehead atoms. The average molecular weight is 293 g/mol. The molecule has 2 nitrogen and oxygen atoms in total. The molecule has 4 rings (SSSR count). The predicted octanol–water partition coefficient (Wildman–Crippen LogP) is 4.69. The van der Waals surface area contributed by atoms with E-state index >= 15 is 0 Å². The van der Waals surface area contributed by atoms with Crippen LogP contribution in [0.25, 0.3) is 10.8 Å². The van der Waals surface area contributed by atoms with Gasteiger partial charge in [0.2, 0.25) is 5.91 Å². The normalized spacial score (nSPS) is 26.2. The molecular formula is C20H23NO. The SMILES string of the molecule is C[C@@H](c1cccc2ccccc12)N1C(=O)C[C@H]2CCCC[C@H]21. The second-order valence-electron chi connectivity index (χ2n) is 6.86. The molecule has 3 atom stereocenters. The van der Waals surface area contributed by atoms with Crippen LogP contribution in [-0.4, -0.2) is 16.8 Å². The molecule has 0 radical (unpaired) electrons. The van der Waals surface area contributed by atoms with E-state index in [9.17, 15) is 4.79 Å². The fourth-order valence-corrected chi connectivity index (χ4v) is 4.57. The van der Waals surface area contributed by atoms with E-state index in [0.717, 1.165) is 6.42 Å². The van der Waals surface area contributed by atoms with Crippen LogP contribution in [0.4, 0.5) is 0 Å². The molecule has 0 spiro atoms. The summed E-state index contributed by atoms with van der Waals surface area (Å²) in [5.74, 6) is 0.955. The zero-order valence-corrected chi connectivity index (χ0v) is 13.2. The van der Waals surface area contributed by atoms with E-state index in [4.69, 9.17) is 0 Å². The molecule has 2 aromatic carbocycles. The van der Waals surface area contributed by atoms with E-state index in [-0.39, 0.29) is 6.04 Å². The standard InChI is InChI=1S/C20H23NO/c1-14(17-11-6-9-15-7-2-4-10-18(15)17)21-19-12-5-3-8-16(19)13-20(21)22/h2,4,6-7,9-11,14,16,19H,3,5,8,12-13H2,1H3/t14-,16+,19+/m0/s1. The van der Waals surface area contributed by atoms with Gasteiger partial charge in [-0.1, -0.05) is 55.3 Å². The van der Waals surface area contributed by atoms with Crippen molar-refractivity contribution >= 4 is 16.7 Å². The fourth-order valence-electron chi connectivity index (χ4n) is 4.57. The van der Waals surface area contributed by atoms with Crippen LogP contribution in [0.5, 0.6) is 0 Å². The topological polar surface area (TPSA) is 20.3 Å². The Morgan fingerprint density at radius 3 is 2.73 bits per heavy atom. The highest BCUT2D eigenvalue weighted by atomic mass is 16.2. The molecule has 0 aromatic heterocycles. The summed E-state index contributed by atoms with van der Waals surface area (Å²) >= 11 is 0. The van der Waals surface area contributed by atoms with E-state index in [1.54, 1.807) is 0 Å². The van der Waals surface area contributed by atoms with Crippen molar-refractivity contribution in [3.8, 4) is 0 Å². The van der Waals surface area contributed by atoms with Gasteiger partial charge >= 0.3 is 0 Å². The van der Waals surface area contributed by atoms with Crippen LogP contribution in [0.3, 0.4) is 0 Å². The van der Waals surface area contributed by atoms with Crippen molar-refractivity contribution in [2.24, 2.45) is 5.92 Å². The summed E-state index contributed by atoms with van der Waals surface area (Å²) in [7, 11) is 0. The van der Waals surface area contributed by atoms with Gasteiger partial charge in [-0.15, -0.1) is 0 Å². The van der Waals surface area contributed by atoms with Gasteiger partial charge in [0.05, 0.1) is 6.04 Å². The summed E-state index contributed by atoms with van der Waals surface area (Å²) in [6.45, 7) is 2.21. The number of amides is 1. The molecule has 2 heteroatoms. The third kappa shape index (κ3) is 2.13. The molecule has 22 heavy (non-hydrogen) atoms. The third-order valence-corrected chi connectivity index (χ3v) is 5.64. The van der Waals surface area contributed by atoms with Crippen molar-refractivity contribution in [3.63, 3.8) is 0 Å². The van der Waals surface area contributed by atoms with E-state index in [2.05, 4.69) is 54.3 Å². The molecule has 2 aliphatic rings. The molecule has 1 saturated heterocycles. The Bertz CT molecular complexity index is 702. The zero-order chi connectivity index (χ0) is 15.1. The molecule has 2 aromatic rings. The van der Waals surface area contributed by atoms with Gasteiger partial charge in [0.1, 0.15) is 0 Å². The van der Waals surface area contributed by atoms with Gasteiger partial charge in [0.15, 0.2) is 0 Å². The average Bonchev–Trinajstić information content (AvgIpc) is 2.89. The van der Waals surface area contributed by atoms with E-state index < -0.39 is 0 Å². The highest BCUT2D eigenvalue weighted by molar-refractivity contribution is 5.87. The van der Waals surface area contributed by atoms with Crippen LogP contribution >= 0.6 is 0 Å². The zero-order valence-electron chi connectivity index (χ0n) is 13.2. The van der Waals surface area contributed by atoms with Crippen molar-refractivity contribution in [1.82, 2.24) is 4.90 Å². The fraction of sp³-hybridized carbons (Fsp3) is 0.450. The first-order chi connectivity index (χ1) is 10.8. The molecule has 0 N–H and O–H groups in total. The summed E-state index contributed by atoms with van der Waals surface area (Å²) in [5.41, 5.74) is 1.29. The number of fused-ring (bicyclic) bond motifs is 2. The molecule has 114 valence electrons. The first-order valence-corrected chi connectivity index (χ1v) is 8.54. The monoisotopic (exact) mass is 293 g/mol. The second kappa shape index (κ2) is 5.42. The second-order valence-corrected chi connectivity index (χ2v) is 6.86. The van der Waals surface area contributed by atoms with Gasteiger partial charge in [-0.2, -0.15) is 0 Å². The number of likely N-dealkylation sites (tertiary alicyclic amines) is 1. The van der Waals surface area contributed by atoms with E-state index in [1.807, 2.05) is 0 Å². The third-order valence-electron chi connectivity index (χ3n) is 5.64. The molecule has 0 unspecified atom stereocenters. The summed E-state index contributed by atoms with van der Waals surface area (Å²) in [6, 6.07) is 15.6. The Labute approximate surface area is 132 Å². The number of hydrogen-bond donors (Lipinski definition) is 0. The lowest BCUT2D eigenvalue weighted by atomic mass is 9.84. The molecule has 1 aliphatic carbocycles. The van der Waals surface area contributed by atoms with E-state index in [0.29, 0.717) is 17.9 Å². The van der Waals surface area contributed by atoms with Gasteiger partial charge in [0.25, 0.3) is 0 Å². The minimum Gasteiger partial charge on any atom is -0.333 e. The number of rotatable bonds is 2. The molecule has 2 fully saturated rings. The van der Waals surface area contributed by atoms with Crippen molar-refractivity contribution in [2.45, 2.75) is 51.1 Å². The summed E-state index contributed by atoms with van der Waals surface area (Å²) in [6.07, 6.45) is 5.75. The van der Waals surface area contributed by atoms with Gasteiger partial charge in [-0.25, -0.2) is 0 Å². The van der Waals surface area contributed by atoms with Crippen LogP contribution in [0, 0.1) is 5.92 Å². The molecule has 1 saturated carbocycles. The lowest BCUT2D eigenvalue weighted by Gasteiger charge is -2.36. The first kappa shape index (κ1) is 13.8. The summed E-state index contributed by atoms with van der Waals surface area (Å²) < 4.78 is 0. The summed E-state index contributed by atoms with van der Waals surface area (Å²) in [4.78, 5) is 14.8. The Morgan fingerprint density at radius 2 is 1.82 bits per heavy atom. The molecule has 1 aliphatic heterocycles. The number of hydrogen-bond acceptors (Lipinski definition) is 1. The number of carbonyl (C=O) groups is 1. The van der Waals surface area contributed by atoms with Crippen molar-refractivity contribution in [1.29, 1.82) is 0 Å². The van der Waals surface area contributed by atoms with Gasteiger partial charge in [0, 0.05) is 12.5 Å². The molecule has 1 amide bonds. The van der Waals surface area contributed by atoms with Crippen molar-refractivity contribution in [2.75, 3.05) is 0 Å².